The van der Waals surface area contributed by atoms with Gasteiger partial charge in [0.05, 0.1) is 6.04 Å². The molecule has 2 aliphatic heterocycles. The van der Waals surface area contributed by atoms with Gasteiger partial charge >= 0.3 is 0 Å². The maximum atomic E-state index is 13.0. The van der Waals surface area contributed by atoms with Crippen LogP contribution in [0, 0.1) is 0 Å². The molecule has 0 aliphatic carbocycles. The van der Waals surface area contributed by atoms with Crippen molar-refractivity contribution >= 4 is 23.6 Å². The fourth-order valence-electron chi connectivity index (χ4n) is 4.86. The lowest BCUT2D eigenvalue weighted by atomic mass is 10.0. The molecule has 0 saturated carbocycles. The molecule has 0 aromatic heterocycles. The van der Waals surface area contributed by atoms with Crippen LogP contribution < -0.4 is 10.6 Å². The van der Waals surface area contributed by atoms with Gasteiger partial charge in [-0.1, -0.05) is 88.4 Å². The van der Waals surface area contributed by atoms with Crippen molar-refractivity contribution in [2.75, 3.05) is 6.54 Å². The Morgan fingerprint density at radius 1 is 0.850 bits per heavy atom. The van der Waals surface area contributed by atoms with Crippen molar-refractivity contribution in [3.05, 3.63) is 71.8 Å². The summed E-state index contributed by atoms with van der Waals surface area (Å²) in [5, 5.41) is 5.76. The second-order valence-corrected chi connectivity index (χ2v) is 10.2. The molecule has 2 heterocycles. The lowest BCUT2D eigenvalue weighted by Crippen LogP contribution is -2.57. The number of hydrogen-bond donors (Lipinski definition) is 2. The van der Waals surface area contributed by atoms with Crippen molar-refractivity contribution in [2.24, 2.45) is 0 Å². The first-order chi connectivity index (χ1) is 19.2. The molecule has 2 N–H and O–H groups in total. The Morgan fingerprint density at radius 3 is 1.98 bits per heavy atom. The number of amides is 4. The van der Waals surface area contributed by atoms with Crippen molar-refractivity contribution in [3.63, 3.8) is 0 Å². The van der Waals surface area contributed by atoms with Crippen LogP contribution in [0.5, 0.6) is 0 Å². The lowest BCUT2D eigenvalue weighted by molar-refractivity contribution is -0.134. The third-order valence-corrected chi connectivity index (χ3v) is 6.85. The van der Waals surface area contributed by atoms with Crippen LogP contribution in [0.1, 0.15) is 78.4 Å². The van der Waals surface area contributed by atoms with Crippen molar-refractivity contribution < 1.29 is 19.2 Å². The summed E-state index contributed by atoms with van der Waals surface area (Å²) in [5.41, 5.74) is 0.905. The van der Waals surface area contributed by atoms with Crippen LogP contribution in [0.4, 0.5) is 0 Å². The molecule has 2 atom stereocenters. The number of nitrogens with zero attached hydrogens (tertiary/aromatic N) is 2. The molecule has 0 bridgehead atoms. The Hall–Kier alpha value is -3.68. The Bertz CT molecular complexity index is 1100. The highest BCUT2D eigenvalue weighted by Crippen LogP contribution is 2.24. The number of rotatable bonds is 9. The predicted molar refractivity (Wildman–Crippen MR) is 158 cm³/mol. The third-order valence-electron chi connectivity index (χ3n) is 6.85. The number of benzene rings is 2. The maximum Gasteiger partial charge on any atom is 0.245 e. The summed E-state index contributed by atoms with van der Waals surface area (Å²) < 4.78 is 0. The summed E-state index contributed by atoms with van der Waals surface area (Å²) in [4.78, 5) is 54.3. The van der Waals surface area contributed by atoms with Crippen LogP contribution in [-0.2, 0) is 32.3 Å². The van der Waals surface area contributed by atoms with E-state index in [1.54, 1.807) is 23.6 Å². The molecular formula is C32H46N4O4. The second kappa shape index (κ2) is 15.8. The standard InChI is InChI=1S/C28H34N4O4.2C2H6/c1-28(2,27(36)29-22-15-26(35)31(19-22)17-20-9-5-3-6-10-20)30-24(33)16-23-13-14-25(34)32(23)18-21-11-7-4-8-12-21;2*1-2/h3-12,22-23H,13-19H2,1-2H3,(H,29,36)(H,30,33);2*1-2H3. The van der Waals surface area contributed by atoms with Crippen LogP contribution in [0.15, 0.2) is 60.7 Å². The molecule has 2 unspecified atom stereocenters. The SMILES string of the molecule is CC.CC.CC(C)(NC(=O)CC1CCC(=O)N1Cc1ccccc1)C(=O)NC1CC(=O)N(Cc2ccccc2)C1. The van der Waals surface area contributed by atoms with Crippen molar-refractivity contribution in [1.29, 1.82) is 0 Å². The molecule has 2 aromatic carbocycles. The van der Waals surface area contributed by atoms with E-state index >= 15 is 0 Å². The predicted octanol–water partition coefficient (Wildman–Crippen LogP) is 4.43. The van der Waals surface area contributed by atoms with Crippen LogP contribution in [-0.4, -0.2) is 57.6 Å². The Kier molecular flexibility index (Phi) is 12.8. The number of carbonyl (C=O) groups is 4. The second-order valence-electron chi connectivity index (χ2n) is 10.2. The molecule has 40 heavy (non-hydrogen) atoms. The average molecular weight is 551 g/mol. The van der Waals surface area contributed by atoms with E-state index in [0.717, 1.165) is 11.1 Å². The number of carbonyl (C=O) groups excluding carboxylic acids is 4. The van der Waals surface area contributed by atoms with Crippen LogP contribution >= 0.6 is 0 Å². The molecule has 2 fully saturated rings. The van der Waals surface area contributed by atoms with Gasteiger partial charge < -0.3 is 20.4 Å². The molecule has 4 rings (SSSR count). The quantitative estimate of drug-likeness (QED) is 0.483. The van der Waals surface area contributed by atoms with Crippen molar-refractivity contribution in [3.8, 4) is 0 Å². The Morgan fingerprint density at radius 2 is 1.40 bits per heavy atom. The molecule has 2 aromatic rings. The number of hydrogen-bond acceptors (Lipinski definition) is 4. The van der Waals surface area contributed by atoms with Crippen LogP contribution in [0.25, 0.3) is 0 Å². The zero-order valence-corrected chi connectivity index (χ0v) is 24.9. The van der Waals surface area contributed by atoms with Crippen molar-refractivity contribution in [1.82, 2.24) is 20.4 Å². The van der Waals surface area contributed by atoms with E-state index in [9.17, 15) is 19.2 Å². The molecule has 8 heteroatoms. The van der Waals surface area contributed by atoms with Gasteiger partial charge in [-0.2, -0.15) is 0 Å². The number of likely N-dealkylation sites (tertiary alicyclic amines) is 2. The van der Waals surface area contributed by atoms with E-state index in [0.29, 0.717) is 32.5 Å². The minimum atomic E-state index is -1.15. The van der Waals surface area contributed by atoms with Gasteiger partial charge in [-0.15, -0.1) is 0 Å². The normalized spacial score (nSPS) is 18.4. The summed E-state index contributed by atoms with van der Waals surface area (Å²) in [6, 6.07) is 18.9. The fourth-order valence-corrected chi connectivity index (χ4v) is 4.86. The van der Waals surface area contributed by atoms with E-state index in [4.69, 9.17) is 0 Å². The van der Waals surface area contributed by atoms with E-state index in [2.05, 4.69) is 10.6 Å². The van der Waals surface area contributed by atoms with Crippen LogP contribution in [0.3, 0.4) is 0 Å². The van der Waals surface area contributed by atoms with E-state index in [1.807, 2.05) is 88.4 Å². The summed E-state index contributed by atoms with van der Waals surface area (Å²) in [6.45, 7) is 12.7. The molecule has 8 nitrogen and oxygen atoms in total. The van der Waals surface area contributed by atoms with E-state index in [1.165, 1.54) is 0 Å². The zero-order chi connectivity index (χ0) is 29.7. The van der Waals surface area contributed by atoms with Gasteiger partial charge in [0.1, 0.15) is 5.54 Å². The first-order valence-corrected chi connectivity index (χ1v) is 14.5. The highest BCUT2D eigenvalue weighted by molar-refractivity contribution is 5.92. The molecule has 2 aliphatic rings. The third kappa shape index (κ3) is 9.21. The molecular weight excluding hydrogens is 504 g/mol. The zero-order valence-electron chi connectivity index (χ0n) is 24.9. The van der Waals surface area contributed by atoms with Gasteiger partial charge in [0.2, 0.25) is 23.6 Å². The Labute approximate surface area is 239 Å². The lowest BCUT2D eigenvalue weighted by Gasteiger charge is -2.29. The Balaban J connectivity index is 0.00000134. The smallest absolute Gasteiger partial charge is 0.245 e. The molecule has 218 valence electrons. The molecule has 4 amide bonds. The first kappa shape index (κ1) is 32.5. The summed E-state index contributed by atoms with van der Waals surface area (Å²) in [7, 11) is 0. The minimum Gasteiger partial charge on any atom is -0.349 e. The van der Waals surface area contributed by atoms with Gasteiger partial charge in [-0.25, -0.2) is 0 Å². The van der Waals surface area contributed by atoms with E-state index < -0.39 is 5.54 Å². The monoisotopic (exact) mass is 550 g/mol. The highest BCUT2D eigenvalue weighted by atomic mass is 16.2. The summed E-state index contributed by atoms with van der Waals surface area (Å²) >= 11 is 0. The summed E-state index contributed by atoms with van der Waals surface area (Å²) in [6.07, 6.45) is 1.42. The van der Waals surface area contributed by atoms with Crippen LogP contribution in [0.2, 0.25) is 0 Å². The fraction of sp³-hybridized carbons (Fsp3) is 0.500. The minimum absolute atomic E-state index is 0.00426. The highest BCUT2D eigenvalue weighted by Gasteiger charge is 2.37. The van der Waals surface area contributed by atoms with Gasteiger partial charge in [-0.3, -0.25) is 19.2 Å². The molecule has 0 radical (unpaired) electrons. The van der Waals surface area contributed by atoms with Gasteiger partial charge in [0.25, 0.3) is 0 Å². The topological polar surface area (TPSA) is 98.8 Å². The molecule has 2 saturated heterocycles. The van der Waals surface area contributed by atoms with Gasteiger partial charge in [-0.05, 0) is 31.4 Å². The van der Waals surface area contributed by atoms with Gasteiger partial charge in [0.15, 0.2) is 0 Å². The maximum absolute atomic E-state index is 13.0. The first-order valence-electron chi connectivity index (χ1n) is 14.5. The number of nitrogens with one attached hydrogen (secondary N) is 2. The van der Waals surface area contributed by atoms with E-state index in [-0.39, 0.29) is 48.6 Å². The van der Waals surface area contributed by atoms with Gasteiger partial charge in [0, 0.05) is 44.9 Å². The largest absolute Gasteiger partial charge is 0.349 e. The summed E-state index contributed by atoms with van der Waals surface area (Å²) in [5.74, 6) is -0.574. The van der Waals surface area contributed by atoms with Crippen molar-refractivity contribution in [2.45, 2.75) is 97.9 Å². The molecule has 0 spiro atoms. The average Bonchev–Trinajstić information content (AvgIpc) is 3.47.